The van der Waals surface area contributed by atoms with Crippen LogP contribution in [-0.2, 0) is 9.53 Å². The normalized spacial score (nSPS) is 19.1. The van der Waals surface area contributed by atoms with Gasteiger partial charge in [-0.1, -0.05) is 12.8 Å². The minimum absolute atomic E-state index is 0.0663. The van der Waals surface area contributed by atoms with Crippen molar-refractivity contribution in [2.24, 2.45) is 11.1 Å². The maximum atomic E-state index is 11.4. The number of methoxy groups -OCH3 is 1. The summed E-state index contributed by atoms with van der Waals surface area (Å²) in [7, 11) is 1.60. The molecule has 0 unspecified atom stereocenters. The Kier molecular flexibility index (Phi) is 5.05. The van der Waals surface area contributed by atoms with E-state index in [1.807, 2.05) is 0 Å². The molecule has 15 heavy (non-hydrogen) atoms. The summed E-state index contributed by atoms with van der Waals surface area (Å²) >= 11 is 0. The molecule has 1 fully saturated rings. The molecule has 1 amide bonds. The lowest BCUT2D eigenvalue weighted by atomic mass is 9.86. The maximum absolute atomic E-state index is 11.4. The zero-order valence-corrected chi connectivity index (χ0v) is 9.55. The standard InChI is InChI=1S/C11H22N2O2/c1-15-7-4-10(14)13-9-11(8-12)5-2-3-6-11/h2-9,12H2,1H3,(H,13,14). The van der Waals surface area contributed by atoms with Gasteiger partial charge in [0.05, 0.1) is 6.61 Å². The van der Waals surface area contributed by atoms with Crippen LogP contribution in [0.25, 0.3) is 0 Å². The van der Waals surface area contributed by atoms with Crippen molar-refractivity contribution in [3.63, 3.8) is 0 Å². The summed E-state index contributed by atoms with van der Waals surface area (Å²) in [5.41, 5.74) is 5.95. The van der Waals surface area contributed by atoms with Gasteiger partial charge >= 0.3 is 0 Å². The van der Waals surface area contributed by atoms with Crippen LogP contribution in [0, 0.1) is 5.41 Å². The van der Waals surface area contributed by atoms with Crippen molar-refractivity contribution in [1.82, 2.24) is 5.32 Å². The Morgan fingerprint density at radius 3 is 2.67 bits per heavy atom. The van der Waals surface area contributed by atoms with Gasteiger partial charge in [-0.25, -0.2) is 0 Å². The highest BCUT2D eigenvalue weighted by molar-refractivity contribution is 5.76. The van der Waals surface area contributed by atoms with Gasteiger partial charge in [-0.2, -0.15) is 0 Å². The van der Waals surface area contributed by atoms with Gasteiger partial charge in [0.15, 0.2) is 0 Å². The molecule has 0 saturated heterocycles. The molecule has 0 heterocycles. The number of hydrogen-bond acceptors (Lipinski definition) is 3. The third-order valence-electron chi connectivity index (χ3n) is 3.29. The largest absolute Gasteiger partial charge is 0.384 e. The number of rotatable bonds is 6. The van der Waals surface area contributed by atoms with E-state index >= 15 is 0 Å². The molecule has 0 aromatic carbocycles. The van der Waals surface area contributed by atoms with Crippen molar-refractivity contribution in [2.45, 2.75) is 32.1 Å². The van der Waals surface area contributed by atoms with E-state index in [4.69, 9.17) is 10.5 Å². The second-order valence-corrected chi connectivity index (χ2v) is 4.43. The Morgan fingerprint density at radius 2 is 2.13 bits per heavy atom. The molecule has 0 aliphatic heterocycles. The second-order valence-electron chi connectivity index (χ2n) is 4.43. The van der Waals surface area contributed by atoms with Crippen molar-refractivity contribution in [2.75, 3.05) is 26.8 Å². The van der Waals surface area contributed by atoms with E-state index in [0.29, 0.717) is 19.6 Å². The van der Waals surface area contributed by atoms with E-state index in [1.54, 1.807) is 7.11 Å². The Labute approximate surface area is 91.5 Å². The highest BCUT2D eigenvalue weighted by atomic mass is 16.5. The number of hydrogen-bond donors (Lipinski definition) is 2. The first-order valence-corrected chi connectivity index (χ1v) is 5.68. The minimum Gasteiger partial charge on any atom is -0.384 e. The van der Waals surface area contributed by atoms with Crippen LogP contribution < -0.4 is 11.1 Å². The molecule has 1 saturated carbocycles. The van der Waals surface area contributed by atoms with E-state index < -0.39 is 0 Å². The number of carbonyl (C=O) groups is 1. The molecular formula is C11H22N2O2. The molecule has 4 nitrogen and oxygen atoms in total. The Hall–Kier alpha value is -0.610. The minimum atomic E-state index is 0.0663. The molecule has 0 bridgehead atoms. The van der Waals surface area contributed by atoms with Crippen molar-refractivity contribution >= 4 is 5.91 Å². The smallest absolute Gasteiger partial charge is 0.222 e. The second kappa shape index (κ2) is 6.08. The third kappa shape index (κ3) is 3.80. The highest BCUT2D eigenvalue weighted by Gasteiger charge is 2.32. The molecule has 0 aromatic rings. The average Bonchev–Trinajstić information content (AvgIpc) is 2.73. The van der Waals surface area contributed by atoms with Crippen molar-refractivity contribution in [3.05, 3.63) is 0 Å². The SMILES string of the molecule is COCCC(=O)NCC1(CN)CCCC1. The number of carbonyl (C=O) groups excluding carboxylic acids is 1. The van der Waals surface area contributed by atoms with Crippen LogP contribution in [-0.4, -0.2) is 32.7 Å². The molecule has 1 aliphatic rings. The number of ether oxygens (including phenoxy) is 1. The maximum Gasteiger partial charge on any atom is 0.222 e. The predicted molar refractivity (Wildman–Crippen MR) is 59.5 cm³/mol. The van der Waals surface area contributed by atoms with Crippen LogP contribution in [0.4, 0.5) is 0 Å². The summed E-state index contributed by atoms with van der Waals surface area (Å²) in [6, 6.07) is 0. The van der Waals surface area contributed by atoms with Crippen LogP contribution in [0.5, 0.6) is 0 Å². The summed E-state index contributed by atoms with van der Waals surface area (Å²) < 4.78 is 4.85. The summed E-state index contributed by atoms with van der Waals surface area (Å²) in [5.74, 6) is 0.0663. The van der Waals surface area contributed by atoms with Gasteiger partial charge in [-0.15, -0.1) is 0 Å². The Bertz CT molecular complexity index is 201. The summed E-state index contributed by atoms with van der Waals surface area (Å²) in [6.45, 7) is 1.89. The van der Waals surface area contributed by atoms with Gasteiger partial charge in [0.25, 0.3) is 0 Å². The summed E-state index contributed by atoms with van der Waals surface area (Å²) in [4.78, 5) is 11.4. The lowest BCUT2D eigenvalue weighted by Crippen LogP contribution is -2.40. The summed E-state index contributed by atoms with van der Waals surface area (Å²) in [5, 5.41) is 2.95. The molecule has 0 radical (unpaired) electrons. The van der Waals surface area contributed by atoms with E-state index in [1.165, 1.54) is 12.8 Å². The number of nitrogens with one attached hydrogen (secondary N) is 1. The van der Waals surface area contributed by atoms with E-state index in [-0.39, 0.29) is 11.3 Å². The number of amides is 1. The van der Waals surface area contributed by atoms with Crippen molar-refractivity contribution in [1.29, 1.82) is 0 Å². The quantitative estimate of drug-likeness (QED) is 0.682. The van der Waals surface area contributed by atoms with Crippen LogP contribution in [0.1, 0.15) is 32.1 Å². The molecule has 0 spiro atoms. The molecule has 0 aromatic heterocycles. The lowest BCUT2D eigenvalue weighted by Gasteiger charge is -2.27. The van der Waals surface area contributed by atoms with Crippen molar-refractivity contribution in [3.8, 4) is 0 Å². The number of nitrogens with two attached hydrogens (primary N) is 1. The molecule has 3 N–H and O–H groups in total. The van der Waals surface area contributed by atoms with E-state index in [9.17, 15) is 4.79 Å². The molecule has 88 valence electrons. The van der Waals surface area contributed by atoms with Gasteiger partial charge in [0.2, 0.25) is 5.91 Å². The van der Waals surface area contributed by atoms with Gasteiger partial charge in [0.1, 0.15) is 0 Å². The fraction of sp³-hybridized carbons (Fsp3) is 0.909. The van der Waals surface area contributed by atoms with Crippen LogP contribution in [0.2, 0.25) is 0 Å². The topological polar surface area (TPSA) is 64.3 Å². The van der Waals surface area contributed by atoms with Crippen LogP contribution in [0.15, 0.2) is 0 Å². The summed E-state index contributed by atoms with van der Waals surface area (Å²) in [6.07, 6.45) is 5.22. The highest BCUT2D eigenvalue weighted by Crippen LogP contribution is 2.36. The molecule has 1 rings (SSSR count). The zero-order valence-electron chi connectivity index (χ0n) is 9.55. The van der Waals surface area contributed by atoms with Crippen LogP contribution >= 0.6 is 0 Å². The first-order valence-electron chi connectivity index (χ1n) is 5.68. The van der Waals surface area contributed by atoms with Gasteiger partial charge in [-0.3, -0.25) is 4.79 Å². The van der Waals surface area contributed by atoms with Gasteiger partial charge in [-0.05, 0) is 24.8 Å². The predicted octanol–water partition coefficient (Wildman–Crippen LogP) is 0.658. The molecule has 1 aliphatic carbocycles. The van der Waals surface area contributed by atoms with E-state index in [0.717, 1.165) is 19.4 Å². The van der Waals surface area contributed by atoms with Crippen LogP contribution in [0.3, 0.4) is 0 Å². The van der Waals surface area contributed by atoms with Gasteiger partial charge < -0.3 is 15.8 Å². The fourth-order valence-electron chi connectivity index (χ4n) is 2.15. The van der Waals surface area contributed by atoms with Crippen molar-refractivity contribution < 1.29 is 9.53 Å². The molecular weight excluding hydrogens is 192 g/mol. The Morgan fingerprint density at radius 1 is 1.47 bits per heavy atom. The third-order valence-corrected chi connectivity index (χ3v) is 3.29. The lowest BCUT2D eigenvalue weighted by molar-refractivity contribution is -0.122. The van der Waals surface area contributed by atoms with E-state index in [2.05, 4.69) is 5.32 Å². The zero-order chi connectivity index (χ0) is 11.1. The molecule has 4 heteroatoms. The van der Waals surface area contributed by atoms with Gasteiger partial charge in [0, 0.05) is 20.1 Å². The Balaban J connectivity index is 2.25. The fourth-order valence-corrected chi connectivity index (χ4v) is 2.15. The molecule has 0 atom stereocenters. The monoisotopic (exact) mass is 214 g/mol. The first-order chi connectivity index (χ1) is 7.22. The average molecular weight is 214 g/mol. The first kappa shape index (κ1) is 12.5.